The van der Waals surface area contributed by atoms with Crippen LogP contribution in [-0.4, -0.2) is 5.78 Å². The van der Waals surface area contributed by atoms with E-state index in [0.29, 0.717) is 11.4 Å². The SMILES string of the molecule is O=C(C=C1Nc2ccccc2N1)c1ccccc1. The van der Waals surface area contributed by atoms with E-state index in [0.717, 1.165) is 11.4 Å². The summed E-state index contributed by atoms with van der Waals surface area (Å²) in [7, 11) is 0. The molecule has 3 heteroatoms. The molecule has 0 amide bonds. The molecule has 2 N–H and O–H groups in total. The predicted molar refractivity (Wildman–Crippen MR) is 72.5 cm³/mol. The Bertz CT molecular complexity index is 590. The topological polar surface area (TPSA) is 41.1 Å². The standard InChI is InChI=1S/C15H12N2O/c18-14(11-6-2-1-3-7-11)10-15-16-12-8-4-5-9-13(12)17-15/h1-10,16-17H. The average Bonchev–Trinajstić information content (AvgIpc) is 2.82. The zero-order valence-corrected chi connectivity index (χ0v) is 9.68. The Labute approximate surface area is 105 Å². The molecule has 88 valence electrons. The molecule has 1 aliphatic rings. The number of anilines is 2. The Hall–Kier alpha value is -2.55. The summed E-state index contributed by atoms with van der Waals surface area (Å²) in [5.41, 5.74) is 2.67. The smallest absolute Gasteiger partial charge is 0.189 e. The van der Waals surface area contributed by atoms with Crippen LogP contribution in [0.2, 0.25) is 0 Å². The van der Waals surface area contributed by atoms with E-state index in [1.165, 1.54) is 0 Å². The van der Waals surface area contributed by atoms with E-state index in [9.17, 15) is 4.79 Å². The third-order valence-electron chi connectivity index (χ3n) is 2.80. The molecule has 1 aliphatic heterocycles. The highest BCUT2D eigenvalue weighted by Gasteiger charge is 2.14. The van der Waals surface area contributed by atoms with E-state index in [1.54, 1.807) is 6.08 Å². The fraction of sp³-hybridized carbons (Fsp3) is 0. The average molecular weight is 236 g/mol. The largest absolute Gasteiger partial charge is 0.340 e. The van der Waals surface area contributed by atoms with Crippen LogP contribution >= 0.6 is 0 Å². The van der Waals surface area contributed by atoms with Crippen molar-refractivity contribution < 1.29 is 4.79 Å². The van der Waals surface area contributed by atoms with E-state index in [2.05, 4.69) is 10.6 Å². The lowest BCUT2D eigenvalue weighted by atomic mass is 10.1. The summed E-state index contributed by atoms with van der Waals surface area (Å²) in [5.74, 6) is 0.698. The molecule has 2 aromatic rings. The summed E-state index contributed by atoms with van der Waals surface area (Å²) in [4.78, 5) is 12.0. The van der Waals surface area contributed by atoms with E-state index < -0.39 is 0 Å². The zero-order valence-electron chi connectivity index (χ0n) is 9.68. The molecule has 0 bridgehead atoms. The van der Waals surface area contributed by atoms with Gasteiger partial charge in [0.2, 0.25) is 0 Å². The fourth-order valence-corrected chi connectivity index (χ4v) is 1.91. The molecule has 0 unspecified atom stereocenters. The molecular weight excluding hydrogens is 224 g/mol. The highest BCUT2D eigenvalue weighted by Crippen LogP contribution is 2.29. The van der Waals surface area contributed by atoms with Crippen LogP contribution in [0.15, 0.2) is 66.5 Å². The minimum Gasteiger partial charge on any atom is -0.340 e. The van der Waals surface area contributed by atoms with Crippen LogP contribution in [0.4, 0.5) is 11.4 Å². The summed E-state index contributed by atoms with van der Waals surface area (Å²) in [6.07, 6.45) is 1.58. The first-order valence-corrected chi connectivity index (χ1v) is 5.77. The summed E-state index contributed by atoms with van der Waals surface area (Å²) in [5, 5.41) is 6.33. The number of hydrogen-bond acceptors (Lipinski definition) is 3. The summed E-state index contributed by atoms with van der Waals surface area (Å²) >= 11 is 0. The summed E-state index contributed by atoms with van der Waals surface area (Å²) < 4.78 is 0. The second-order valence-electron chi connectivity index (χ2n) is 4.08. The Balaban J connectivity index is 1.82. The van der Waals surface area contributed by atoms with Gasteiger partial charge in [-0.05, 0) is 12.1 Å². The van der Waals surface area contributed by atoms with Crippen molar-refractivity contribution in [1.29, 1.82) is 0 Å². The van der Waals surface area contributed by atoms with Gasteiger partial charge in [-0.2, -0.15) is 0 Å². The number of carbonyl (C=O) groups excluding carboxylic acids is 1. The second-order valence-corrected chi connectivity index (χ2v) is 4.08. The quantitative estimate of drug-likeness (QED) is 0.621. The molecule has 2 aromatic carbocycles. The minimum absolute atomic E-state index is 0.0154. The van der Waals surface area contributed by atoms with Crippen molar-refractivity contribution in [2.45, 2.75) is 0 Å². The van der Waals surface area contributed by atoms with Gasteiger partial charge in [0.25, 0.3) is 0 Å². The van der Waals surface area contributed by atoms with Gasteiger partial charge in [0.05, 0.1) is 11.4 Å². The van der Waals surface area contributed by atoms with Crippen molar-refractivity contribution in [2.75, 3.05) is 10.6 Å². The highest BCUT2D eigenvalue weighted by molar-refractivity contribution is 6.05. The highest BCUT2D eigenvalue weighted by atomic mass is 16.1. The molecule has 18 heavy (non-hydrogen) atoms. The van der Waals surface area contributed by atoms with Crippen molar-refractivity contribution in [2.24, 2.45) is 0 Å². The van der Waals surface area contributed by atoms with Crippen molar-refractivity contribution in [1.82, 2.24) is 0 Å². The molecule has 0 saturated carbocycles. The van der Waals surface area contributed by atoms with Gasteiger partial charge in [0, 0.05) is 11.6 Å². The second kappa shape index (κ2) is 4.37. The molecule has 0 atom stereocenters. The molecule has 3 nitrogen and oxygen atoms in total. The van der Waals surface area contributed by atoms with Crippen molar-refractivity contribution >= 4 is 17.2 Å². The van der Waals surface area contributed by atoms with Gasteiger partial charge < -0.3 is 10.6 Å². The zero-order chi connectivity index (χ0) is 12.4. The van der Waals surface area contributed by atoms with Crippen LogP contribution in [0.3, 0.4) is 0 Å². The van der Waals surface area contributed by atoms with Crippen molar-refractivity contribution in [3.05, 3.63) is 72.1 Å². The van der Waals surface area contributed by atoms with Gasteiger partial charge >= 0.3 is 0 Å². The van der Waals surface area contributed by atoms with Crippen LogP contribution in [0.25, 0.3) is 0 Å². The lowest BCUT2D eigenvalue weighted by Crippen LogP contribution is -2.04. The number of rotatable bonds is 2. The molecule has 0 aromatic heterocycles. The van der Waals surface area contributed by atoms with Crippen LogP contribution in [0, 0.1) is 0 Å². The van der Waals surface area contributed by atoms with Gasteiger partial charge in [-0.1, -0.05) is 42.5 Å². The molecule has 0 radical (unpaired) electrons. The summed E-state index contributed by atoms with van der Waals surface area (Å²) in [6, 6.07) is 17.1. The number of para-hydroxylation sites is 2. The Morgan fingerprint density at radius 3 is 2.00 bits per heavy atom. The number of fused-ring (bicyclic) bond motifs is 1. The first-order valence-electron chi connectivity index (χ1n) is 5.77. The number of nitrogens with one attached hydrogen (secondary N) is 2. The molecule has 3 rings (SSSR count). The molecule has 1 heterocycles. The minimum atomic E-state index is -0.0154. The first-order chi connectivity index (χ1) is 8.83. The third kappa shape index (κ3) is 1.98. The Morgan fingerprint density at radius 2 is 1.39 bits per heavy atom. The van der Waals surface area contributed by atoms with Gasteiger partial charge in [-0.3, -0.25) is 4.79 Å². The van der Waals surface area contributed by atoms with E-state index in [1.807, 2.05) is 54.6 Å². The number of allylic oxidation sites excluding steroid dienone is 1. The Kier molecular flexibility index (Phi) is 2.57. The maximum Gasteiger partial charge on any atom is 0.189 e. The predicted octanol–water partition coefficient (Wildman–Crippen LogP) is 3.25. The lowest BCUT2D eigenvalue weighted by Gasteiger charge is -1.99. The number of carbonyl (C=O) groups is 1. The van der Waals surface area contributed by atoms with Gasteiger partial charge in [-0.15, -0.1) is 0 Å². The normalized spacial score (nSPS) is 12.3. The molecule has 0 saturated heterocycles. The van der Waals surface area contributed by atoms with Gasteiger partial charge in [0.1, 0.15) is 5.82 Å². The number of hydrogen-bond donors (Lipinski definition) is 2. The molecule has 0 fully saturated rings. The van der Waals surface area contributed by atoms with Crippen molar-refractivity contribution in [3.63, 3.8) is 0 Å². The molecular formula is C15H12N2O. The van der Waals surface area contributed by atoms with Crippen LogP contribution in [-0.2, 0) is 0 Å². The van der Waals surface area contributed by atoms with Gasteiger partial charge in [0.15, 0.2) is 5.78 Å². The van der Waals surface area contributed by atoms with Gasteiger partial charge in [-0.25, -0.2) is 0 Å². The lowest BCUT2D eigenvalue weighted by molar-refractivity contribution is 0.104. The third-order valence-corrected chi connectivity index (χ3v) is 2.80. The van der Waals surface area contributed by atoms with Crippen LogP contribution in [0.1, 0.15) is 10.4 Å². The summed E-state index contributed by atoms with van der Waals surface area (Å²) in [6.45, 7) is 0. The van der Waals surface area contributed by atoms with E-state index in [4.69, 9.17) is 0 Å². The fourth-order valence-electron chi connectivity index (χ4n) is 1.91. The van der Waals surface area contributed by atoms with Crippen LogP contribution < -0.4 is 10.6 Å². The maximum absolute atomic E-state index is 12.0. The molecule has 0 aliphatic carbocycles. The van der Waals surface area contributed by atoms with Crippen LogP contribution in [0.5, 0.6) is 0 Å². The van der Waals surface area contributed by atoms with E-state index >= 15 is 0 Å². The maximum atomic E-state index is 12.0. The molecule has 0 spiro atoms. The van der Waals surface area contributed by atoms with E-state index in [-0.39, 0.29) is 5.78 Å². The number of benzene rings is 2. The number of ketones is 1. The first kappa shape index (κ1) is 10.6. The Morgan fingerprint density at radius 1 is 0.833 bits per heavy atom. The van der Waals surface area contributed by atoms with Crippen molar-refractivity contribution in [3.8, 4) is 0 Å². The monoisotopic (exact) mass is 236 g/mol.